The second kappa shape index (κ2) is 5.78. The molecule has 2 rings (SSSR count). The standard InChI is InChI=1S/C17H20N2O/c1-11-5-6-13(3)16(9-11)19-17(20)18-15-8-7-12(2)14(4)10-15/h5-10H,1-4H3,(H2,18,19,20). The van der Waals surface area contributed by atoms with Crippen molar-refractivity contribution in [2.45, 2.75) is 27.7 Å². The number of aryl methyl sites for hydroxylation is 4. The fourth-order valence-electron chi connectivity index (χ4n) is 1.97. The van der Waals surface area contributed by atoms with Crippen LogP contribution < -0.4 is 10.6 Å². The quantitative estimate of drug-likeness (QED) is 0.823. The van der Waals surface area contributed by atoms with Gasteiger partial charge < -0.3 is 10.6 Å². The van der Waals surface area contributed by atoms with E-state index in [-0.39, 0.29) is 6.03 Å². The molecule has 0 fully saturated rings. The monoisotopic (exact) mass is 268 g/mol. The van der Waals surface area contributed by atoms with Crippen LogP contribution in [0.3, 0.4) is 0 Å². The summed E-state index contributed by atoms with van der Waals surface area (Å²) in [6.07, 6.45) is 0. The predicted octanol–water partition coefficient (Wildman–Crippen LogP) is 4.56. The van der Waals surface area contributed by atoms with E-state index >= 15 is 0 Å². The average molecular weight is 268 g/mol. The first-order valence-corrected chi connectivity index (χ1v) is 6.68. The molecule has 2 amide bonds. The molecule has 0 unspecified atom stereocenters. The third kappa shape index (κ3) is 3.38. The highest BCUT2D eigenvalue weighted by molar-refractivity contribution is 6.00. The molecule has 0 aromatic heterocycles. The highest BCUT2D eigenvalue weighted by Gasteiger charge is 2.05. The van der Waals surface area contributed by atoms with E-state index in [0.29, 0.717) is 0 Å². The van der Waals surface area contributed by atoms with E-state index in [1.54, 1.807) is 0 Å². The van der Waals surface area contributed by atoms with Crippen molar-refractivity contribution in [1.29, 1.82) is 0 Å². The zero-order chi connectivity index (χ0) is 14.7. The van der Waals surface area contributed by atoms with E-state index in [1.807, 2.05) is 57.2 Å². The Bertz CT molecular complexity index is 647. The molecule has 0 aliphatic heterocycles. The SMILES string of the molecule is Cc1ccc(C)c(NC(=O)Nc2ccc(C)c(C)c2)c1. The molecule has 3 heteroatoms. The van der Waals surface area contributed by atoms with Gasteiger partial charge in [0, 0.05) is 11.4 Å². The molecule has 0 aliphatic rings. The number of amides is 2. The second-order valence-corrected chi connectivity index (χ2v) is 5.20. The number of urea groups is 1. The number of rotatable bonds is 2. The van der Waals surface area contributed by atoms with Crippen molar-refractivity contribution in [2.75, 3.05) is 10.6 Å². The third-order valence-electron chi connectivity index (χ3n) is 3.41. The van der Waals surface area contributed by atoms with Crippen LogP contribution in [0.1, 0.15) is 22.3 Å². The number of hydrogen-bond acceptors (Lipinski definition) is 1. The van der Waals surface area contributed by atoms with Gasteiger partial charge in [0.05, 0.1) is 0 Å². The molecule has 0 bridgehead atoms. The molecule has 2 aromatic rings. The first-order valence-electron chi connectivity index (χ1n) is 6.68. The summed E-state index contributed by atoms with van der Waals surface area (Å²) in [5.41, 5.74) is 6.19. The van der Waals surface area contributed by atoms with Gasteiger partial charge in [-0.25, -0.2) is 4.79 Å². The zero-order valence-electron chi connectivity index (χ0n) is 12.4. The van der Waals surface area contributed by atoms with Crippen molar-refractivity contribution in [3.63, 3.8) is 0 Å². The van der Waals surface area contributed by atoms with Crippen molar-refractivity contribution >= 4 is 17.4 Å². The molecule has 0 aliphatic carbocycles. The molecule has 20 heavy (non-hydrogen) atoms. The molecule has 0 spiro atoms. The van der Waals surface area contributed by atoms with Crippen molar-refractivity contribution in [2.24, 2.45) is 0 Å². The normalized spacial score (nSPS) is 10.2. The molecule has 0 saturated carbocycles. The van der Waals surface area contributed by atoms with E-state index in [1.165, 1.54) is 5.56 Å². The lowest BCUT2D eigenvalue weighted by Crippen LogP contribution is -2.20. The number of benzene rings is 2. The Kier molecular flexibility index (Phi) is 4.08. The molecule has 0 saturated heterocycles. The maximum absolute atomic E-state index is 12.0. The molecule has 0 heterocycles. The lowest BCUT2D eigenvalue weighted by atomic mass is 10.1. The molecule has 0 atom stereocenters. The molecular weight excluding hydrogens is 248 g/mol. The second-order valence-electron chi connectivity index (χ2n) is 5.20. The van der Waals surface area contributed by atoms with Gasteiger partial charge in [-0.05, 0) is 68.1 Å². The predicted molar refractivity (Wildman–Crippen MR) is 84.5 cm³/mol. The van der Waals surface area contributed by atoms with Crippen LogP contribution in [0, 0.1) is 27.7 Å². The average Bonchev–Trinajstić information content (AvgIpc) is 2.38. The summed E-state index contributed by atoms with van der Waals surface area (Å²) < 4.78 is 0. The van der Waals surface area contributed by atoms with Crippen molar-refractivity contribution in [3.05, 3.63) is 58.7 Å². The Morgan fingerprint density at radius 1 is 0.800 bits per heavy atom. The van der Waals surface area contributed by atoms with Crippen LogP contribution in [0.2, 0.25) is 0 Å². The van der Waals surface area contributed by atoms with Gasteiger partial charge in [0.2, 0.25) is 0 Å². The molecule has 0 radical (unpaired) electrons. The minimum atomic E-state index is -0.220. The lowest BCUT2D eigenvalue weighted by Gasteiger charge is -2.11. The zero-order valence-corrected chi connectivity index (χ0v) is 12.4. The molecule has 2 N–H and O–H groups in total. The Balaban J connectivity index is 2.09. The first kappa shape index (κ1) is 14.1. The van der Waals surface area contributed by atoms with Gasteiger partial charge in [0.25, 0.3) is 0 Å². The maximum atomic E-state index is 12.0. The van der Waals surface area contributed by atoms with E-state index < -0.39 is 0 Å². The van der Waals surface area contributed by atoms with Crippen LogP contribution >= 0.6 is 0 Å². The molecule has 3 nitrogen and oxygen atoms in total. The van der Waals surface area contributed by atoms with E-state index in [0.717, 1.165) is 28.1 Å². The summed E-state index contributed by atoms with van der Waals surface area (Å²) in [5.74, 6) is 0. The lowest BCUT2D eigenvalue weighted by molar-refractivity contribution is 0.262. The van der Waals surface area contributed by atoms with Gasteiger partial charge in [0.15, 0.2) is 0 Å². The first-order chi connectivity index (χ1) is 9.45. The summed E-state index contributed by atoms with van der Waals surface area (Å²) in [4.78, 5) is 12.0. The van der Waals surface area contributed by atoms with Crippen molar-refractivity contribution in [1.82, 2.24) is 0 Å². The Labute approximate surface area is 120 Å². The van der Waals surface area contributed by atoms with Gasteiger partial charge in [-0.2, -0.15) is 0 Å². The van der Waals surface area contributed by atoms with Crippen LogP contribution in [-0.2, 0) is 0 Å². The molecular formula is C17H20N2O. The number of hydrogen-bond donors (Lipinski definition) is 2. The van der Waals surface area contributed by atoms with Crippen LogP contribution in [-0.4, -0.2) is 6.03 Å². The summed E-state index contributed by atoms with van der Waals surface area (Å²) in [7, 11) is 0. The molecule has 104 valence electrons. The van der Waals surface area contributed by atoms with Crippen LogP contribution in [0.4, 0.5) is 16.2 Å². The summed E-state index contributed by atoms with van der Waals surface area (Å²) in [6, 6.07) is 11.7. The fourth-order valence-corrected chi connectivity index (χ4v) is 1.97. The summed E-state index contributed by atoms with van der Waals surface area (Å²) in [5, 5.41) is 5.74. The molecule has 2 aromatic carbocycles. The summed E-state index contributed by atoms with van der Waals surface area (Å²) >= 11 is 0. The fraction of sp³-hybridized carbons (Fsp3) is 0.235. The number of anilines is 2. The van der Waals surface area contributed by atoms with Gasteiger partial charge in [-0.15, -0.1) is 0 Å². The smallest absolute Gasteiger partial charge is 0.308 e. The van der Waals surface area contributed by atoms with Gasteiger partial charge in [0.1, 0.15) is 0 Å². The Hall–Kier alpha value is -2.29. The van der Waals surface area contributed by atoms with Crippen LogP contribution in [0.15, 0.2) is 36.4 Å². The number of carbonyl (C=O) groups excluding carboxylic acids is 1. The van der Waals surface area contributed by atoms with Crippen molar-refractivity contribution in [3.8, 4) is 0 Å². The minimum absolute atomic E-state index is 0.220. The van der Waals surface area contributed by atoms with Gasteiger partial charge in [-0.1, -0.05) is 18.2 Å². The third-order valence-corrected chi connectivity index (χ3v) is 3.41. The minimum Gasteiger partial charge on any atom is -0.308 e. The van der Waals surface area contributed by atoms with E-state index in [2.05, 4.69) is 17.6 Å². The van der Waals surface area contributed by atoms with E-state index in [9.17, 15) is 4.79 Å². The van der Waals surface area contributed by atoms with Crippen LogP contribution in [0.25, 0.3) is 0 Å². The Morgan fingerprint density at radius 2 is 1.50 bits per heavy atom. The largest absolute Gasteiger partial charge is 0.323 e. The summed E-state index contributed by atoms with van der Waals surface area (Å²) in [6.45, 7) is 8.06. The van der Waals surface area contributed by atoms with Crippen LogP contribution in [0.5, 0.6) is 0 Å². The number of carbonyl (C=O) groups is 1. The van der Waals surface area contributed by atoms with Crippen molar-refractivity contribution < 1.29 is 4.79 Å². The van der Waals surface area contributed by atoms with Gasteiger partial charge in [-0.3, -0.25) is 0 Å². The Morgan fingerprint density at radius 3 is 2.20 bits per heavy atom. The highest BCUT2D eigenvalue weighted by Crippen LogP contribution is 2.18. The number of nitrogens with one attached hydrogen (secondary N) is 2. The van der Waals surface area contributed by atoms with Gasteiger partial charge >= 0.3 is 6.03 Å². The maximum Gasteiger partial charge on any atom is 0.323 e. The van der Waals surface area contributed by atoms with E-state index in [4.69, 9.17) is 0 Å². The topological polar surface area (TPSA) is 41.1 Å². The highest BCUT2D eigenvalue weighted by atomic mass is 16.2.